The fourth-order valence-electron chi connectivity index (χ4n) is 2.13. The van der Waals surface area contributed by atoms with Crippen LogP contribution in [0.3, 0.4) is 0 Å². The van der Waals surface area contributed by atoms with E-state index in [9.17, 15) is 8.42 Å². The number of sulfonamides is 1. The summed E-state index contributed by atoms with van der Waals surface area (Å²) >= 11 is 0. The standard InChI is InChI=1S/C11H18N4O3S/c1-8-4-13-11(14-5-8)15-6-9(18-2)3-10(7-15)19(12,16)17/h4-5,9-10H,3,6-7H2,1-2H3,(H2,12,16,17)/t9-,10-/m1/s1. The number of rotatable bonds is 3. The van der Waals surface area contributed by atoms with Crippen molar-refractivity contribution in [2.75, 3.05) is 25.1 Å². The smallest absolute Gasteiger partial charge is 0.225 e. The largest absolute Gasteiger partial charge is 0.380 e. The quantitative estimate of drug-likeness (QED) is 0.816. The highest BCUT2D eigenvalue weighted by Crippen LogP contribution is 2.21. The third-order valence-corrected chi connectivity index (χ3v) is 4.49. The minimum atomic E-state index is -3.60. The van der Waals surface area contributed by atoms with E-state index in [4.69, 9.17) is 9.88 Å². The number of aryl methyl sites for hydroxylation is 1. The van der Waals surface area contributed by atoms with Crippen LogP contribution in [-0.2, 0) is 14.8 Å². The molecular formula is C11H18N4O3S. The summed E-state index contributed by atoms with van der Waals surface area (Å²) in [5, 5.41) is 4.58. The van der Waals surface area contributed by atoms with Crippen LogP contribution in [0.15, 0.2) is 12.4 Å². The number of primary sulfonamides is 1. The fraction of sp³-hybridized carbons (Fsp3) is 0.636. The van der Waals surface area contributed by atoms with Crippen LogP contribution in [0.25, 0.3) is 0 Å². The third kappa shape index (κ3) is 3.40. The average molecular weight is 286 g/mol. The molecule has 2 heterocycles. The molecule has 0 radical (unpaired) electrons. The van der Waals surface area contributed by atoms with E-state index in [2.05, 4.69) is 9.97 Å². The van der Waals surface area contributed by atoms with Gasteiger partial charge >= 0.3 is 0 Å². The molecule has 0 amide bonds. The molecule has 1 saturated heterocycles. The summed E-state index contributed by atoms with van der Waals surface area (Å²) in [5.74, 6) is 0.501. The first-order chi connectivity index (χ1) is 8.90. The Hall–Kier alpha value is -1.25. The zero-order valence-electron chi connectivity index (χ0n) is 11.0. The van der Waals surface area contributed by atoms with Crippen LogP contribution in [0.4, 0.5) is 5.95 Å². The molecule has 1 aliphatic heterocycles. The van der Waals surface area contributed by atoms with Gasteiger partial charge in [0.25, 0.3) is 0 Å². The topological polar surface area (TPSA) is 98.4 Å². The monoisotopic (exact) mass is 286 g/mol. The van der Waals surface area contributed by atoms with Gasteiger partial charge < -0.3 is 9.64 Å². The number of nitrogens with zero attached hydrogens (tertiary/aromatic N) is 3. The molecule has 0 saturated carbocycles. The summed E-state index contributed by atoms with van der Waals surface area (Å²) in [6.07, 6.45) is 3.61. The number of hydrogen-bond acceptors (Lipinski definition) is 6. The summed E-state index contributed by atoms with van der Waals surface area (Å²) in [4.78, 5) is 10.2. The number of anilines is 1. The Labute approximate surface area is 112 Å². The third-order valence-electron chi connectivity index (χ3n) is 3.22. The van der Waals surface area contributed by atoms with E-state index < -0.39 is 15.3 Å². The Kier molecular flexibility index (Phi) is 4.02. The number of ether oxygens (including phenoxy) is 1. The summed E-state index contributed by atoms with van der Waals surface area (Å²) in [6, 6.07) is 0. The summed E-state index contributed by atoms with van der Waals surface area (Å²) < 4.78 is 28.3. The highest BCUT2D eigenvalue weighted by Gasteiger charge is 2.34. The van der Waals surface area contributed by atoms with Crippen molar-refractivity contribution >= 4 is 16.0 Å². The maximum Gasteiger partial charge on any atom is 0.225 e. The van der Waals surface area contributed by atoms with Crippen molar-refractivity contribution in [2.45, 2.75) is 24.7 Å². The first-order valence-corrected chi connectivity index (χ1v) is 7.59. The van der Waals surface area contributed by atoms with Crippen LogP contribution >= 0.6 is 0 Å². The van der Waals surface area contributed by atoms with Gasteiger partial charge in [-0.2, -0.15) is 0 Å². The van der Waals surface area contributed by atoms with Crippen LogP contribution in [-0.4, -0.2) is 49.9 Å². The van der Waals surface area contributed by atoms with Gasteiger partial charge in [0.15, 0.2) is 0 Å². The van der Waals surface area contributed by atoms with Crippen molar-refractivity contribution in [3.05, 3.63) is 18.0 Å². The van der Waals surface area contributed by atoms with E-state index in [1.165, 1.54) is 0 Å². The van der Waals surface area contributed by atoms with Crippen LogP contribution < -0.4 is 10.0 Å². The Morgan fingerprint density at radius 2 is 2.00 bits per heavy atom. The van der Waals surface area contributed by atoms with Crippen LogP contribution in [0.5, 0.6) is 0 Å². The Morgan fingerprint density at radius 1 is 1.37 bits per heavy atom. The number of nitrogens with two attached hydrogens (primary N) is 1. The molecule has 2 rings (SSSR count). The van der Waals surface area contributed by atoms with Gasteiger partial charge in [0.05, 0.1) is 11.4 Å². The van der Waals surface area contributed by atoms with Crippen molar-refractivity contribution in [3.8, 4) is 0 Å². The summed E-state index contributed by atoms with van der Waals surface area (Å²) in [6.45, 7) is 2.75. The molecule has 1 fully saturated rings. The van der Waals surface area contributed by atoms with Crippen LogP contribution in [0, 0.1) is 6.92 Å². The summed E-state index contributed by atoms with van der Waals surface area (Å²) in [5.41, 5.74) is 0.951. The normalized spacial score (nSPS) is 24.5. The second-order valence-corrected chi connectivity index (χ2v) is 6.61. The molecule has 19 heavy (non-hydrogen) atoms. The lowest BCUT2D eigenvalue weighted by molar-refractivity contribution is 0.0898. The second-order valence-electron chi connectivity index (χ2n) is 4.77. The lowest BCUT2D eigenvalue weighted by Crippen LogP contribution is -2.51. The van der Waals surface area contributed by atoms with E-state index in [0.29, 0.717) is 25.5 Å². The highest BCUT2D eigenvalue weighted by molar-refractivity contribution is 7.89. The SMILES string of the molecule is CO[C@@H]1C[C@@H](S(N)(=O)=O)CN(c2ncc(C)cn2)C1. The first kappa shape index (κ1) is 14.2. The van der Waals surface area contributed by atoms with Gasteiger partial charge in [0.2, 0.25) is 16.0 Å². The molecule has 8 heteroatoms. The first-order valence-electron chi connectivity index (χ1n) is 5.98. The Balaban J connectivity index is 2.22. The van der Waals surface area contributed by atoms with Gasteiger partial charge in [-0.05, 0) is 18.9 Å². The molecule has 106 valence electrons. The molecule has 0 spiro atoms. The number of piperidine rings is 1. The van der Waals surface area contributed by atoms with Crippen molar-refractivity contribution in [2.24, 2.45) is 5.14 Å². The fourth-order valence-corrected chi connectivity index (χ4v) is 3.00. The molecule has 1 aromatic rings. The minimum Gasteiger partial charge on any atom is -0.380 e. The predicted octanol–water partition coefficient (Wildman–Crippen LogP) is -0.333. The molecule has 0 aromatic carbocycles. The molecule has 0 aliphatic carbocycles. The van der Waals surface area contributed by atoms with Crippen molar-refractivity contribution in [1.29, 1.82) is 0 Å². The average Bonchev–Trinajstić information content (AvgIpc) is 2.38. The molecule has 1 aliphatic rings. The lowest BCUT2D eigenvalue weighted by Gasteiger charge is -2.35. The van der Waals surface area contributed by atoms with Gasteiger partial charge in [0, 0.05) is 32.6 Å². The second kappa shape index (κ2) is 5.40. The van der Waals surface area contributed by atoms with Gasteiger partial charge in [-0.1, -0.05) is 0 Å². The minimum absolute atomic E-state index is 0.193. The Morgan fingerprint density at radius 3 is 2.53 bits per heavy atom. The van der Waals surface area contributed by atoms with Crippen LogP contribution in [0.1, 0.15) is 12.0 Å². The van der Waals surface area contributed by atoms with Crippen LogP contribution in [0.2, 0.25) is 0 Å². The molecule has 2 N–H and O–H groups in total. The zero-order chi connectivity index (χ0) is 14.0. The highest BCUT2D eigenvalue weighted by atomic mass is 32.2. The number of aromatic nitrogens is 2. The van der Waals surface area contributed by atoms with E-state index in [0.717, 1.165) is 5.56 Å². The predicted molar refractivity (Wildman–Crippen MR) is 71.3 cm³/mol. The van der Waals surface area contributed by atoms with Gasteiger partial charge in [-0.3, -0.25) is 0 Å². The Bertz CT molecular complexity index is 531. The number of hydrogen-bond donors (Lipinski definition) is 1. The maximum absolute atomic E-state index is 11.5. The zero-order valence-corrected chi connectivity index (χ0v) is 11.8. The lowest BCUT2D eigenvalue weighted by atomic mass is 10.1. The van der Waals surface area contributed by atoms with E-state index in [1.807, 2.05) is 6.92 Å². The maximum atomic E-state index is 11.5. The van der Waals surface area contributed by atoms with Crippen molar-refractivity contribution in [3.63, 3.8) is 0 Å². The molecule has 0 unspecified atom stereocenters. The van der Waals surface area contributed by atoms with Crippen molar-refractivity contribution in [1.82, 2.24) is 9.97 Å². The molecule has 2 atom stereocenters. The van der Waals surface area contributed by atoms with Gasteiger partial charge in [0.1, 0.15) is 0 Å². The van der Waals surface area contributed by atoms with Crippen molar-refractivity contribution < 1.29 is 13.2 Å². The van der Waals surface area contributed by atoms with Gasteiger partial charge in [-0.25, -0.2) is 23.5 Å². The van der Waals surface area contributed by atoms with E-state index in [-0.39, 0.29) is 6.10 Å². The molecule has 1 aromatic heterocycles. The van der Waals surface area contributed by atoms with E-state index in [1.54, 1.807) is 24.4 Å². The molecule has 7 nitrogen and oxygen atoms in total. The molecular weight excluding hydrogens is 268 g/mol. The summed E-state index contributed by atoms with van der Waals surface area (Å²) in [7, 11) is -2.04. The van der Waals surface area contributed by atoms with E-state index >= 15 is 0 Å². The molecule has 0 bridgehead atoms. The van der Waals surface area contributed by atoms with Gasteiger partial charge in [-0.15, -0.1) is 0 Å². The number of methoxy groups -OCH3 is 1.